The molecule has 3 rings (SSSR count). The first-order valence-corrected chi connectivity index (χ1v) is 8.25. The van der Waals surface area contributed by atoms with Crippen molar-refractivity contribution in [1.29, 1.82) is 0 Å². The predicted octanol–water partition coefficient (Wildman–Crippen LogP) is -2.76. The molecule has 2 aromatic heterocycles. The zero-order valence-electron chi connectivity index (χ0n) is 11.8. The van der Waals surface area contributed by atoms with Crippen molar-refractivity contribution in [3.05, 3.63) is 16.7 Å². The molecule has 0 radical (unpaired) electrons. The molecule has 7 N–H and O–H groups in total. The lowest BCUT2D eigenvalue weighted by molar-refractivity contribution is -0.0511. The molecule has 0 unspecified atom stereocenters. The van der Waals surface area contributed by atoms with Crippen molar-refractivity contribution in [3.8, 4) is 0 Å². The van der Waals surface area contributed by atoms with E-state index in [1.54, 1.807) is 5.09 Å². The Morgan fingerprint density at radius 2 is 2.08 bits per heavy atom. The standard InChI is InChI=1S/C10H14N5O8P/c16-1-3-5(17)6(18)9(23-3)15-2-11-4-7(15)12-10(13-8(4)19)14-24(20,21)22/h2-3,5-6,9,16-18H,1H2,(H4,12,13,14,19,20,21,22)/t3-,5-,6-,9-/m1/s1. The summed E-state index contributed by atoms with van der Waals surface area (Å²) in [5, 5.41) is 30.7. The number of ether oxygens (including phenoxy) is 1. The van der Waals surface area contributed by atoms with Gasteiger partial charge in [0.1, 0.15) is 18.3 Å². The fourth-order valence-electron chi connectivity index (χ4n) is 2.41. The van der Waals surface area contributed by atoms with Crippen molar-refractivity contribution < 1.29 is 34.4 Å². The van der Waals surface area contributed by atoms with Gasteiger partial charge in [0.15, 0.2) is 17.4 Å². The quantitative estimate of drug-likeness (QED) is 0.277. The zero-order chi connectivity index (χ0) is 17.6. The van der Waals surface area contributed by atoms with Crippen LogP contribution >= 0.6 is 7.75 Å². The van der Waals surface area contributed by atoms with Crippen molar-refractivity contribution in [2.24, 2.45) is 0 Å². The number of nitrogens with zero attached hydrogens (tertiary/aromatic N) is 3. The molecule has 0 amide bonds. The van der Waals surface area contributed by atoms with Gasteiger partial charge in [-0.15, -0.1) is 0 Å². The molecule has 132 valence electrons. The van der Waals surface area contributed by atoms with E-state index in [0.29, 0.717) is 0 Å². The van der Waals surface area contributed by atoms with Crippen molar-refractivity contribution in [1.82, 2.24) is 19.5 Å². The summed E-state index contributed by atoms with van der Waals surface area (Å²) in [5.41, 5.74) is -1.07. The maximum atomic E-state index is 11.9. The predicted molar refractivity (Wildman–Crippen MR) is 76.8 cm³/mol. The Labute approximate surface area is 132 Å². The summed E-state index contributed by atoms with van der Waals surface area (Å²) in [6.07, 6.45) is -3.92. The molecule has 1 aliphatic rings. The number of fused-ring (bicyclic) bond motifs is 1. The van der Waals surface area contributed by atoms with Crippen molar-refractivity contribution in [2.75, 3.05) is 11.7 Å². The second-order valence-corrected chi connectivity index (χ2v) is 6.43. The summed E-state index contributed by atoms with van der Waals surface area (Å²) >= 11 is 0. The molecule has 2 aromatic rings. The first-order chi connectivity index (χ1) is 11.2. The fourth-order valence-corrected chi connectivity index (χ4v) is 2.79. The van der Waals surface area contributed by atoms with Gasteiger partial charge in [0, 0.05) is 0 Å². The Bertz CT molecular complexity index is 861. The lowest BCUT2D eigenvalue weighted by atomic mass is 10.1. The topological polar surface area (TPSA) is 203 Å². The average Bonchev–Trinajstić information content (AvgIpc) is 3.00. The summed E-state index contributed by atoms with van der Waals surface area (Å²) < 4.78 is 17.4. The molecule has 0 aliphatic carbocycles. The van der Waals surface area contributed by atoms with Crippen LogP contribution in [0.2, 0.25) is 0 Å². The van der Waals surface area contributed by atoms with Gasteiger partial charge in [0.2, 0.25) is 5.95 Å². The average molecular weight is 363 g/mol. The van der Waals surface area contributed by atoms with Gasteiger partial charge in [0.25, 0.3) is 5.56 Å². The minimum absolute atomic E-state index is 0.135. The molecule has 0 saturated carbocycles. The maximum Gasteiger partial charge on any atom is 0.429 e. The number of anilines is 1. The van der Waals surface area contributed by atoms with E-state index >= 15 is 0 Å². The van der Waals surface area contributed by atoms with Gasteiger partial charge < -0.3 is 29.8 Å². The van der Waals surface area contributed by atoms with E-state index in [1.807, 2.05) is 0 Å². The van der Waals surface area contributed by atoms with Crippen LogP contribution in [-0.2, 0) is 9.30 Å². The minimum atomic E-state index is -4.71. The number of aromatic nitrogens is 4. The number of H-pyrrole nitrogens is 1. The highest BCUT2D eigenvalue weighted by Gasteiger charge is 2.44. The summed E-state index contributed by atoms with van der Waals surface area (Å²) in [6, 6.07) is 0. The monoisotopic (exact) mass is 363 g/mol. The molecule has 0 aromatic carbocycles. The van der Waals surface area contributed by atoms with Gasteiger partial charge in [-0.1, -0.05) is 0 Å². The van der Waals surface area contributed by atoms with Crippen LogP contribution in [-0.4, -0.2) is 69.5 Å². The van der Waals surface area contributed by atoms with E-state index in [2.05, 4.69) is 15.0 Å². The van der Waals surface area contributed by atoms with Crippen LogP contribution in [0.5, 0.6) is 0 Å². The number of nitrogens with one attached hydrogen (secondary N) is 2. The van der Waals surface area contributed by atoms with Crippen LogP contribution in [0.4, 0.5) is 5.95 Å². The molecule has 24 heavy (non-hydrogen) atoms. The number of aliphatic hydroxyl groups excluding tert-OH is 3. The zero-order valence-corrected chi connectivity index (χ0v) is 12.7. The summed E-state index contributed by atoms with van der Waals surface area (Å²) in [6.45, 7) is -0.541. The smallest absolute Gasteiger partial charge is 0.394 e. The minimum Gasteiger partial charge on any atom is -0.394 e. The number of hydrogen-bond acceptors (Lipinski definition) is 8. The molecular formula is C10H14N5O8P. The first kappa shape index (κ1) is 17.0. The summed E-state index contributed by atoms with van der Waals surface area (Å²) in [5.74, 6) is -0.505. The van der Waals surface area contributed by atoms with Crippen molar-refractivity contribution in [2.45, 2.75) is 24.5 Å². The third kappa shape index (κ3) is 2.93. The van der Waals surface area contributed by atoms with E-state index < -0.39 is 50.4 Å². The third-order valence-corrected chi connectivity index (χ3v) is 3.98. The Morgan fingerprint density at radius 3 is 2.67 bits per heavy atom. The van der Waals surface area contributed by atoms with E-state index in [0.717, 1.165) is 10.9 Å². The molecular weight excluding hydrogens is 349 g/mol. The molecule has 1 saturated heterocycles. The van der Waals surface area contributed by atoms with Crippen LogP contribution in [0, 0.1) is 0 Å². The van der Waals surface area contributed by atoms with E-state index in [9.17, 15) is 19.6 Å². The van der Waals surface area contributed by atoms with E-state index in [1.165, 1.54) is 0 Å². The number of rotatable bonds is 4. The molecule has 4 atom stereocenters. The highest BCUT2D eigenvalue weighted by molar-refractivity contribution is 7.53. The van der Waals surface area contributed by atoms with Gasteiger partial charge >= 0.3 is 7.75 Å². The second-order valence-electron chi connectivity index (χ2n) is 5.12. The molecule has 1 aliphatic heterocycles. The first-order valence-electron chi connectivity index (χ1n) is 6.64. The molecule has 14 heteroatoms. The third-order valence-electron chi connectivity index (χ3n) is 3.48. The van der Waals surface area contributed by atoms with Gasteiger partial charge in [0.05, 0.1) is 12.9 Å². The number of aromatic amines is 1. The molecule has 13 nitrogen and oxygen atoms in total. The van der Waals surface area contributed by atoms with E-state index in [4.69, 9.17) is 19.6 Å². The molecule has 1 fully saturated rings. The van der Waals surface area contributed by atoms with Gasteiger partial charge in [-0.25, -0.2) is 9.55 Å². The lowest BCUT2D eigenvalue weighted by Crippen LogP contribution is -2.33. The van der Waals surface area contributed by atoms with Crippen LogP contribution in [0.1, 0.15) is 6.23 Å². The Kier molecular flexibility index (Phi) is 4.17. The number of imidazole rings is 1. The van der Waals surface area contributed by atoms with Gasteiger partial charge in [-0.05, 0) is 0 Å². The Balaban J connectivity index is 2.06. The van der Waals surface area contributed by atoms with Crippen LogP contribution < -0.4 is 10.6 Å². The van der Waals surface area contributed by atoms with Crippen LogP contribution in [0.25, 0.3) is 11.2 Å². The van der Waals surface area contributed by atoms with Gasteiger partial charge in [-0.3, -0.25) is 19.4 Å². The Morgan fingerprint density at radius 1 is 1.38 bits per heavy atom. The highest BCUT2D eigenvalue weighted by Crippen LogP contribution is 2.34. The van der Waals surface area contributed by atoms with Crippen LogP contribution in [0.15, 0.2) is 11.1 Å². The highest BCUT2D eigenvalue weighted by atomic mass is 31.2. The fraction of sp³-hybridized carbons (Fsp3) is 0.500. The SMILES string of the molecule is O=c1[nH]c(NP(=O)(O)O)nc2c1ncn2[C@@H]1O[C@H](CO)[C@@H](O)[C@H]1O. The van der Waals surface area contributed by atoms with Crippen molar-refractivity contribution >= 4 is 24.9 Å². The Hall–Kier alpha value is -1.86. The number of hydrogen-bond donors (Lipinski definition) is 7. The lowest BCUT2D eigenvalue weighted by Gasteiger charge is -2.16. The van der Waals surface area contributed by atoms with E-state index in [-0.39, 0.29) is 11.2 Å². The van der Waals surface area contributed by atoms with Gasteiger partial charge in [-0.2, -0.15) is 4.98 Å². The second kappa shape index (κ2) is 5.89. The largest absolute Gasteiger partial charge is 0.429 e. The molecule has 0 bridgehead atoms. The molecule has 3 heterocycles. The maximum absolute atomic E-state index is 11.9. The summed E-state index contributed by atoms with van der Waals surface area (Å²) in [4.78, 5) is 39.5. The normalized spacial score (nSPS) is 27.7. The molecule has 0 spiro atoms. The summed E-state index contributed by atoms with van der Waals surface area (Å²) in [7, 11) is -4.71. The van der Waals surface area contributed by atoms with Crippen molar-refractivity contribution in [3.63, 3.8) is 0 Å². The van der Waals surface area contributed by atoms with Crippen LogP contribution in [0.3, 0.4) is 0 Å². The number of aliphatic hydroxyl groups is 3.